The molecule has 0 fully saturated rings. The molecule has 8 heteroatoms. The second-order valence-corrected chi connectivity index (χ2v) is 8.08. The van der Waals surface area contributed by atoms with Crippen LogP contribution in [0.3, 0.4) is 0 Å². The van der Waals surface area contributed by atoms with Crippen LogP contribution in [0.1, 0.15) is 36.1 Å². The molecule has 2 aromatic carbocycles. The smallest absolute Gasteiger partial charge is 0.265 e. The zero-order chi connectivity index (χ0) is 21.0. The Balaban J connectivity index is 1.47. The first-order valence-electron chi connectivity index (χ1n) is 9.26. The molecule has 1 aliphatic rings. The lowest BCUT2D eigenvalue weighted by molar-refractivity contribution is 0.0692. The molecule has 2 aromatic heterocycles. The number of amides is 3. The lowest BCUT2D eigenvalue weighted by Gasteiger charge is -2.05. The third-order valence-corrected chi connectivity index (χ3v) is 6.23. The average molecular weight is 416 g/mol. The number of imide groups is 1. The Morgan fingerprint density at radius 3 is 2.50 bits per heavy atom. The summed E-state index contributed by atoms with van der Waals surface area (Å²) in [6.45, 7) is 1.91. The third-order valence-electron chi connectivity index (χ3n) is 5.12. The monoisotopic (exact) mass is 416 g/mol. The maximum Gasteiger partial charge on any atom is 0.265 e. The van der Waals surface area contributed by atoms with Crippen LogP contribution in [0.15, 0.2) is 54.6 Å². The summed E-state index contributed by atoms with van der Waals surface area (Å²) in [5, 5.41) is 8.34. The number of fused-ring (bicyclic) bond motifs is 2. The maximum absolute atomic E-state index is 12.9. The van der Waals surface area contributed by atoms with Crippen LogP contribution in [0.25, 0.3) is 15.9 Å². The summed E-state index contributed by atoms with van der Waals surface area (Å²) in [5.74, 6) is -0.981. The fourth-order valence-electron chi connectivity index (χ4n) is 3.54. The molecule has 7 nitrogen and oxygen atoms in total. The normalized spacial score (nSPS) is 13.2. The van der Waals surface area contributed by atoms with Crippen molar-refractivity contribution in [1.29, 1.82) is 0 Å². The number of para-hydroxylation sites is 1. The first-order chi connectivity index (χ1) is 14.4. The Hall–Kier alpha value is -3.78. The largest absolute Gasteiger partial charge is 0.321 e. The van der Waals surface area contributed by atoms with E-state index in [2.05, 4.69) is 10.4 Å². The molecule has 0 atom stereocenters. The summed E-state index contributed by atoms with van der Waals surface area (Å²) in [4.78, 5) is 39.6. The summed E-state index contributed by atoms with van der Waals surface area (Å²) < 4.78 is 1.83. The molecule has 0 radical (unpaired) electrons. The Labute approximate surface area is 175 Å². The van der Waals surface area contributed by atoms with Gasteiger partial charge in [-0.25, -0.2) is 4.68 Å². The van der Waals surface area contributed by atoms with Crippen LogP contribution in [0, 0.1) is 6.92 Å². The second kappa shape index (κ2) is 6.64. The van der Waals surface area contributed by atoms with Gasteiger partial charge in [-0.1, -0.05) is 18.2 Å². The second-order valence-electron chi connectivity index (χ2n) is 7.05. The predicted molar refractivity (Wildman–Crippen MR) is 115 cm³/mol. The molecular formula is C22H16N4O3S. The minimum absolute atomic E-state index is 0.278. The van der Waals surface area contributed by atoms with E-state index < -0.39 is 0 Å². The lowest BCUT2D eigenvalue weighted by atomic mass is 10.1. The zero-order valence-electron chi connectivity index (χ0n) is 16.2. The summed E-state index contributed by atoms with van der Waals surface area (Å²) in [7, 11) is 1.44. The summed E-state index contributed by atoms with van der Waals surface area (Å²) in [6.07, 6.45) is 0. The lowest BCUT2D eigenvalue weighted by Crippen LogP contribution is -2.24. The van der Waals surface area contributed by atoms with Crippen molar-refractivity contribution >= 4 is 45.0 Å². The molecule has 0 saturated carbocycles. The van der Waals surface area contributed by atoms with Gasteiger partial charge in [0.05, 0.1) is 27.4 Å². The van der Waals surface area contributed by atoms with Crippen LogP contribution in [0.5, 0.6) is 0 Å². The Morgan fingerprint density at radius 1 is 1.00 bits per heavy atom. The number of benzene rings is 2. The summed E-state index contributed by atoms with van der Waals surface area (Å²) in [6, 6.07) is 16.3. The van der Waals surface area contributed by atoms with Crippen molar-refractivity contribution < 1.29 is 14.4 Å². The number of aryl methyl sites for hydroxylation is 1. The van der Waals surface area contributed by atoms with E-state index >= 15 is 0 Å². The van der Waals surface area contributed by atoms with Gasteiger partial charge in [0, 0.05) is 18.1 Å². The number of carbonyl (C=O) groups excluding carboxylic acids is 3. The number of nitrogens with one attached hydrogen (secondary N) is 1. The minimum atomic E-state index is -0.369. The van der Waals surface area contributed by atoms with Gasteiger partial charge in [0.1, 0.15) is 4.83 Å². The van der Waals surface area contributed by atoms with Gasteiger partial charge >= 0.3 is 0 Å². The van der Waals surface area contributed by atoms with Crippen LogP contribution in [-0.4, -0.2) is 39.4 Å². The quantitative estimate of drug-likeness (QED) is 0.514. The van der Waals surface area contributed by atoms with E-state index in [4.69, 9.17) is 0 Å². The number of nitrogens with zero attached hydrogens (tertiary/aromatic N) is 3. The molecule has 0 saturated heterocycles. The zero-order valence-corrected chi connectivity index (χ0v) is 17.0. The van der Waals surface area contributed by atoms with Crippen molar-refractivity contribution in [2.45, 2.75) is 6.92 Å². The number of rotatable bonds is 3. The summed E-state index contributed by atoms with van der Waals surface area (Å²) in [5.41, 5.74) is 2.88. The van der Waals surface area contributed by atoms with E-state index in [1.54, 1.807) is 18.2 Å². The number of anilines is 1. The molecule has 4 aromatic rings. The highest BCUT2D eigenvalue weighted by Gasteiger charge is 2.32. The molecule has 0 unspecified atom stereocenters. The van der Waals surface area contributed by atoms with Crippen LogP contribution >= 0.6 is 11.3 Å². The first kappa shape index (κ1) is 18.3. The number of hydrogen-bond acceptors (Lipinski definition) is 5. The van der Waals surface area contributed by atoms with Gasteiger partial charge in [0.2, 0.25) is 0 Å². The van der Waals surface area contributed by atoms with Crippen molar-refractivity contribution in [1.82, 2.24) is 14.7 Å². The SMILES string of the molecule is Cc1nn(-c2ccccc2)c2sc(C(=O)Nc3ccc4c(c3)C(=O)N(C)C4=O)cc12. The number of thiophene rings is 1. The van der Waals surface area contributed by atoms with Gasteiger partial charge in [-0.05, 0) is 43.3 Å². The molecule has 30 heavy (non-hydrogen) atoms. The number of aromatic nitrogens is 2. The molecule has 5 rings (SSSR count). The molecule has 0 aliphatic carbocycles. The van der Waals surface area contributed by atoms with E-state index in [9.17, 15) is 14.4 Å². The van der Waals surface area contributed by atoms with E-state index in [0.29, 0.717) is 21.7 Å². The predicted octanol–water partition coefficient (Wildman–Crippen LogP) is 3.87. The fourth-order valence-corrected chi connectivity index (χ4v) is 4.61. The van der Waals surface area contributed by atoms with Gasteiger partial charge in [0.25, 0.3) is 17.7 Å². The topological polar surface area (TPSA) is 84.3 Å². The maximum atomic E-state index is 12.9. The third kappa shape index (κ3) is 2.73. The van der Waals surface area contributed by atoms with Gasteiger partial charge in [-0.2, -0.15) is 5.10 Å². The van der Waals surface area contributed by atoms with Crippen molar-refractivity contribution in [2.24, 2.45) is 0 Å². The van der Waals surface area contributed by atoms with Crippen molar-refractivity contribution in [3.63, 3.8) is 0 Å². The highest BCUT2D eigenvalue weighted by molar-refractivity contribution is 7.20. The van der Waals surface area contributed by atoms with Crippen LogP contribution < -0.4 is 5.32 Å². The van der Waals surface area contributed by atoms with Crippen LogP contribution in [-0.2, 0) is 0 Å². The van der Waals surface area contributed by atoms with Gasteiger partial charge < -0.3 is 5.32 Å². The molecule has 3 heterocycles. The molecule has 0 bridgehead atoms. The van der Waals surface area contributed by atoms with Gasteiger partial charge in [-0.15, -0.1) is 11.3 Å². The molecule has 0 spiro atoms. The van der Waals surface area contributed by atoms with Crippen LogP contribution in [0.2, 0.25) is 0 Å². The van der Waals surface area contributed by atoms with Crippen molar-refractivity contribution in [2.75, 3.05) is 12.4 Å². The van der Waals surface area contributed by atoms with Crippen molar-refractivity contribution in [3.05, 3.63) is 76.3 Å². The Bertz CT molecular complexity index is 1350. The van der Waals surface area contributed by atoms with Crippen molar-refractivity contribution in [3.8, 4) is 5.69 Å². The highest BCUT2D eigenvalue weighted by Crippen LogP contribution is 2.31. The average Bonchev–Trinajstić information content (AvgIpc) is 3.39. The Kier molecular flexibility index (Phi) is 4.04. The summed E-state index contributed by atoms with van der Waals surface area (Å²) >= 11 is 1.35. The van der Waals surface area contributed by atoms with Crippen LogP contribution in [0.4, 0.5) is 5.69 Å². The Morgan fingerprint density at radius 2 is 1.73 bits per heavy atom. The van der Waals surface area contributed by atoms with E-state index in [-0.39, 0.29) is 17.7 Å². The number of hydrogen-bond donors (Lipinski definition) is 1. The molecule has 1 aliphatic heterocycles. The van der Waals surface area contributed by atoms with E-state index in [1.165, 1.54) is 18.4 Å². The highest BCUT2D eigenvalue weighted by atomic mass is 32.1. The number of carbonyl (C=O) groups is 3. The minimum Gasteiger partial charge on any atom is -0.321 e. The van der Waals surface area contributed by atoms with E-state index in [1.807, 2.05) is 48.0 Å². The first-order valence-corrected chi connectivity index (χ1v) is 10.1. The fraction of sp³-hybridized carbons (Fsp3) is 0.0909. The standard InChI is InChI=1S/C22H16N4O3S/c1-12-16-11-18(30-22(16)26(24-12)14-6-4-3-5-7-14)19(27)23-13-8-9-15-17(10-13)21(29)25(2)20(15)28/h3-11H,1-2H3,(H,23,27). The molecule has 1 N–H and O–H groups in total. The van der Waals surface area contributed by atoms with E-state index in [0.717, 1.165) is 26.5 Å². The molecular weight excluding hydrogens is 400 g/mol. The van der Waals surface area contributed by atoms with Gasteiger partial charge in [0.15, 0.2) is 0 Å². The molecule has 3 amide bonds. The van der Waals surface area contributed by atoms with Gasteiger partial charge in [-0.3, -0.25) is 19.3 Å². The molecule has 148 valence electrons.